The van der Waals surface area contributed by atoms with Crippen LogP contribution in [-0.4, -0.2) is 36.5 Å². The molecule has 2 unspecified atom stereocenters. The molecule has 4 nitrogen and oxygen atoms in total. The highest BCUT2D eigenvalue weighted by Gasteiger charge is 2.26. The van der Waals surface area contributed by atoms with Gasteiger partial charge in [-0.3, -0.25) is 4.79 Å². The molecule has 2 aliphatic rings. The molecule has 4 heteroatoms. The minimum Gasteiger partial charge on any atom is -0.491 e. The minimum atomic E-state index is 0.238. The van der Waals surface area contributed by atoms with Crippen molar-refractivity contribution in [2.24, 2.45) is 5.92 Å². The van der Waals surface area contributed by atoms with E-state index in [4.69, 9.17) is 4.74 Å². The van der Waals surface area contributed by atoms with Crippen LogP contribution in [0, 0.1) is 5.92 Å². The highest BCUT2D eigenvalue weighted by molar-refractivity contribution is 5.77. The normalized spacial score (nSPS) is 25.7. The number of amides is 1. The molecule has 2 heterocycles. The number of hydrogen-bond donors (Lipinski definition) is 1. The van der Waals surface area contributed by atoms with E-state index in [1.54, 1.807) is 0 Å². The van der Waals surface area contributed by atoms with E-state index in [0.29, 0.717) is 38.1 Å². The molecule has 2 aliphatic heterocycles. The zero-order valence-corrected chi connectivity index (χ0v) is 12.7. The van der Waals surface area contributed by atoms with Gasteiger partial charge in [0.1, 0.15) is 12.4 Å². The van der Waals surface area contributed by atoms with Gasteiger partial charge in [0.15, 0.2) is 0 Å². The second-order valence-electron chi connectivity index (χ2n) is 6.16. The van der Waals surface area contributed by atoms with Crippen molar-refractivity contribution in [1.82, 2.24) is 10.2 Å². The number of fused-ring (bicyclic) bond motifs is 1. The molecule has 114 valence electrons. The number of carbonyl (C=O) groups is 1. The van der Waals surface area contributed by atoms with Crippen molar-refractivity contribution in [1.29, 1.82) is 0 Å². The molecule has 1 saturated heterocycles. The first-order valence-electron chi connectivity index (χ1n) is 7.96. The van der Waals surface area contributed by atoms with Crippen LogP contribution >= 0.6 is 0 Å². The lowest BCUT2D eigenvalue weighted by molar-refractivity contribution is -0.132. The Balaban J connectivity index is 1.65. The Morgan fingerprint density at radius 1 is 1.43 bits per heavy atom. The van der Waals surface area contributed by atoms with Gasteiger partial charge < -0.3 is 15.0 Å². The molecule has 3 rings (SSSR count). The third-order valence-electron chi connectivity index (χ3n) is 4.63. The molecule has 2 atom stereocenters. The van der Waals surface area contributed by atoms with Crippen molar-refractivity contribution < 1.29 is 9.53 Å². The highest BCUT2D eigenvalue weighted by Crippen LogP contribution is 2.24. The fraction of sp³-hybridized carbons (Fsp3) is 0.588. The minimum absolute atomic E-state index is 0.238. The first-order valence-corrected chi connectivity index (χ1v) is 7.96. The van der Waals surface area contributed by atoms with Gasteiger partial charge in [0.2, 0.25) is 5.91 Å². The van der Waals surface area contributed by atoms with Gasteiger partial charge in [0.25, 0.3) is 0 Å². The molecule has 1 N–H and O–H groups in total. The van der Waals surface area contributed by atoms with Crippen molar-refractivity contribution in [3.8, 4) is 5.75 Å². The standard InChI is InChI=1S/C17H24N2O2/c1-13-5-4-8-18-15(13)11-17(20)19-9-10-21-16-7-3-2-6-14(16)12-19/h2-3,6-7,13,15,18H,4-5,8-12H2,1H3. The Labute approximate surface area is 126 Å². The summed E-state index contributed by atoms with van der Waals surface area (Å²) in [6.45, 7) is 5.19. The Hall–Kier alpha value is -1.55. The average Bonchev–Trinajstić information content (AvgIpc) is 2.72. The third kappa shape index (κ3) is 3.38. The molecule has 0 aromatic heterocycles. The van der Waals surface area contributed by atoms with Crippen molar-refractivity contribution in [2.45, 2.75) is 38.8 Å². The molecule has 1 amide bonds. The summed E-state index contributed by atoms with van der Waals surface area (Å²) >= 11 is 0. The van der Waals surface area contributed by atoms with Gasteiger partial charge in [-0.15, -0.1) is 0 Å². The summed E-state index contributed by atoms with van der Waals surface area (Å²) in [4.78, 5) is 14.5. The Kier molecular flexibility index (Phi) is 4.44. The summed E-state index contributed by atoms with van der Waals surface area (Å²) in [7, 11) is 0. The summed E-state index contributed by atoms with van der Waals surface area (Å²) in [6, 6.07) is 8.33. The number of nitrogens with one attached hydrogen (secondary N) is 1. The fourth-order valence-electron chi connectivity index (χ4n) is 3.24. The predicted octanol–water partition coefficient (Wildman–Crippen LogP) is 2.19. The van der Waals surface area contributed by atoms with Crippen molar-refractivity contribution in [3.05, 3.63) is 29.8 Å². The number of ether oxygens (including phenoxy) is 1. The van der Waals surface area contributed by atoms with Crippen LogP contribution in [-0.2, 0) is 11.3 Å². The molecule has 0 saturated carbocycles. The lowest BCUT2D eigenvalue weighted by Crippen LogP contribution is -2.44. The zero-order chi connectivity index (χ0) is 14.7. The fourth-order valence-corrected chi connectivity index (χ4v) is 3.24. The van der Waals surface area contributed by atoms with Crippen LogP contribution in [0.3, 0.4) is 0 Å². The average molecular weight is 288 g/mol. The van der Waals surface area contributed by atoms with Crippen molar-refractivity contribution in [3.63, 3.8) is 0 Å². The van der Waals surface area contributed by atoms with E-state index >= 15 is 0 Å². The monoisotopic (exact) mass is 288 g/mol. The van der Waals surface area contributed by atoms with Crippen molar-refractivity contribution in [2.75, 3.05) is 19.7 Å². The van der Waals surface area contributed by atoms with Gasteiger partial charge in [0, 0.05) is 24.6 Å². The summed E-state index contributed by atoms with van der Waals surface area (Å²) in [5, 5.41) is 3.49. The zero-order valence-electron chi connectivity index (χ0n) is 12.7. The maximum atomic E-state index is 12.6. The van der Waals surface area contributed by atoms with E-state index in [0.717, 1.165) is 17.9 Å². The highest BCUT2D eigenvalue weighted by atomic mass is 16.5. The van der Waals surface area contributed by atoms with Crippen LogP contribution < -0.4 is 10.1 Å². The maximum Gasteiger partial charge on any atom is 0.224 e. The number of nitrogens with zero attached hydrogens (tertiary/aromatic N) is 1. The van der Waals surface area contributed by atoms with Crippen LogP contribution in [0.2, 0.25) is 0 Å². The first kappa shape index (κ1) is 14.4. The Morgan fingerprint density at radius 2 is 2.29 bits per heavy atom. The van der Waals surface area contributed by atoms with E-state index in [2.05, 4.69) is 12.2 Å². The van der Waals surface area contributed by atoms with Crippen LogP contribution in [0.5, 0.6) is 5.75 Å². The van der Waals surface area contributed by atoms with E-state index in [-0.39, 0.29) is 5.91 Å². The van der Waals surface area contributed by atoms with Crippen LogP contribution in [0.1, 0.15) is 31.7 Å². The molecule has 1 aromatic rings. The van der Waals surface area contributed by atoms with E-state index in [9.17, 15) is 4.79 Å². The maximum absolute atomic E-state index is 12.6. The van der Waals surface area contributed by atoms with E-state index < -0.39 is 0 Å². The second-order valence-corrected chi connectivity index (χ2v) is 6.16. The number of hydrogen-bond acceptors (Lipinski definition) is 3. The predicted molar refractivity (Wildman–Crippen MR) is 82.2 cm³/mol. The van der Waals surface area contributed by atoms with Crippen LogP contribution in [0.15, 0.2) is 24.3 Å². The number of para-hydroxylation sites is 1. The number of benzene rings is 1. The molecule has 0 aliphatic carbocycles. The quantitative estimate of drug-likeness (QED) is 0.907. The molecule has 1 aromatic carbocycles. The lowest BCUT2D eigenvalue weighted by atomic mass is 9.90. The van der Waals surface area contributed by atoms with Crippen molar-refractivity contribution >= 4 is 5.91 Å². The van der Waals surface area contributed by atoms with Crippen LogP contribution in [0.25, 0.3) is 0 Å². The summed E-state index contributed by atoms with van der Waals surface area (Å²) in [6.07, 6.45) is 3.04. The molecule has 0 radical (unpaired) electrons. The number of piperidine rings is 1. The van der Waals surface area contributed by atoms with Gasteiger partial charge >= 0.3 is 0 Å². The van der Waals surface area contributed by atoms with Crippen LogP contribution in [0.4, 0.5) is 0 Å². The molecule has 1 fully saturated rings. The smallest absolute Gasteiger partial charge is 0.224 e. The van der Waals surface area contributed by atoms with Gasteiger partial charge in [-0.2, -0.15) is 0 Å². The molecular weight excluding hydrogens is 264 g/mol. The second kappa shape index (κ2) is 6.48. The largest absolute Gasteiger partial charge is 0.491 e. The summed E-state index contributed by atoms with van der Waals surface area (Å²) in [5.74, 6) is 1.73. The topological polar surface area (TPSA) is 41.6 Å². The summed E-state index contributed by atoms with van der Waals surface area (Å²) < 4.78 is 5.73. The molecule has 0 bridgehead atoms. The van der Waals surface area contributed by atoms with Gasteiger partial charge in [-0.05, 0) is 31.4 Å². The van der Waals surface area contributed by atoms with E-state index in [1.807, 2.05) is 29.2 Å². The van der Waals surface area contributed by atoms with E-state index in [1.165, 1.54) is 12.8 Å². The molecule has 21 heavy (non-hydrogen) atoms. The Bertz CT molecular complexity index is 503. The first-order chi connectivity index (χ1) is 10.2. The van der Waals surface area contributed by atoms with Gasteiger partial charge in [-0.1, -0.05) is 25.1 Å². The van der Waals surface area contributed by atoms with Gasteiger partial charge in [0.05, 0.1) is 6.54 Å². The number of carbonyl (C=O) groups excluding carboxylic acids is 1. The lowest BCUT2D eigenvalue weighted by Gasteiger charge is -2.31. The third-order valence-corrected chi connectivity index (χ3v) is 4.63. The van der Waals surface area contributed by atoms with Gasteiger partial charge in [-0.25, -0.2) is 0 Å². The Morgan fingerprint density at radius 3 is 3.14 bits per heavy atom. The molecular formula is C17H24N2O2. The summed E-state index contributed by atoms with van der Waals surface area (Å²) in [5.41, 5.74) is 1.10. The molecule has 0 spiro atoms. The SMILES string of the molecule is CC1CCCNC1CC(=O)N1CCOc2ccccc2C1. The number of rotatable bonds is 2.